The van der Waals surface area contributed by atoms with Crippen molar-refractivity contribution >= 4 is 35.8 Å². The standard InChI is InChI=1S/C57H50O17/c1-2-33-65-44-42(34-66-50(58)36-21-9-3-10-22-36)69-57(49(73-55(63)41-31-19-8-20-32-41)46(44)70-52(60)38-25-13-5-14-26-38)74-45-43(35-67-51(59)37-23-11-4-12-24-37)68-56(64)48(72-54(62)40-29-17-7-18-30-40)47(45)71-53(61)39-27-15-6-16-28-39/h2-32,42-49,56-57,64H,1,33-35H2/t42-,43-,44+,45-,46+,47+,48-,49-,56-,57-/m1/s1. The number of aliphatic hydroxyl groups is 1. The highest BCUT2D eigenvalue weighted by Crippen LogP contribution is 2.36. The lowest BCUT2D eigenvalue weighted by Gasteiger charge is -2.48. The van der Waals surface area contributed by atoms with Gasteiger partial charge in [-0.3, -0.25) is 0 Å². The first-order valence-electron chi connectivity index (χ1n) is 23.4. The van der Waals surface area contributed by atoms with E-state index in [4.69, 9.17) is 47.4 Å². The summed E-state index contributed by atoms with van der Waals surface area (Å²) in [6, 6.07) is 47.2. The SMILES string of the molecule is C=CCO[C@@H]1[C@H](OC(=O)c2ccccc2)[C@@H](OC(=O)c2ccccc2)[C@@H](O[C@H]2[C@H](OC(=O)c3ccccc3)[C@@H](OC(=O)c3ccccc3)[C@H](O)O[C@@H]2COC(=O)c2ccccc2)O[C@@H]1COC(=O)c1ccccc1. The van der Waals surface area contributed by atoms with Gasteiger partial charge in [0.2, 0.25) is 0 Å². The smallest absolute Gasteiger partial charge is 0.338 e. The Kier molecular flexibility index (Phi) is 17.8. The van der Waals surface area contributed by atoms with E-state index in [-0.39, 0.29) is 40.0 Å². The van der Waals surface area contributed by atoms with Crippen LogP contribution in [0, 0.1) is 0 Å². The number of hydrogen-bond acceptors (Lipinski definition) is 17. The quantitative estimate of drug-likeness (QED) is 0.0491. The van der Waals surface area contributed by atoms with Crippen LogP contribution in [-0.2, 0) is 47.4 Å². The van der Waals surface area contributed by atoms with E-state index in [1.165, 1.54) is 78.9 Å². The largest absolute Gasteiger partial charge is 0.459 e. The predicted molar refractivity (Wildman–Crippen MR) is 260 cm³/mol. The van der Waals surface area contributed by atoms with Crippen LogP contribution in [-0.4, -0.2) is 122 Å². The van der Waals surface area contributed by atoms with E-state index in [0.717, 1.165) is 0 Å². The highest BCUT2D eigenvalue weighted by atomic mass is 16.8. The Balaban J connectivity index is 1.25. The highest BCUT2D eigenvalue weighted by molar-refractivity contribution is 5.92. The summed E-state index contributed by atoms with van der Waals surface area (Å²) in [5.74, 6) is -5.39. The lowest BCUT2D eigenvalue weighted by molar-refractivity contribution is -0.354. The van der Waals surface area contributed by atoms with E-state index >= 15 is 0 Å². The Labute approximate surface area is 425 Å². The molecule has 74 heavy (non-hydrogen) atoms. The minimum absolute atomic E-state index is 0.0337. The van der Waals surface area contributed by atoms with Crippen LogP contribution in [0.1, 0.15) is 62.1 Å². The molecule has 2 aliphatic heterocycles. The van der Waals surface area contributed by atoms with Crippen molar-refractivity contribution in [3.05, 3.63) is 228 Å². The van der Waals surface area contributed by atoms with Crippen LogP contribution < -0.4 is 0 Å². The third-order valence-electron chi connectivity index (χ3n) is 11.7. The van der Waals surface area contributed by atoms with E-state index in [2.05, 4.69) is 6.58 Å². The summed E-state index contributed by atoms with van der Waals surface area (Å²) < 4.78 is 61.9. The number of rotatable bonds is 19. The summed E-state index contributed by atoms with van der Waals surface area (Å²) >= 11 is 0. The van der Waals surface area contributed by atoms with Gasteiger partial charge < -0.3 is 52.5 Å². The molecule has 6 aromatic carbocycles. The summed E-state index contributed by atoms with van der Waals surface area (Å²) in [5, 5.41) is 11.8. The maximum Gasteiger partial charge on any atom is 0.338 e. The molecule has 0 aliphatic carbocycles. The Bertz CT molecular complexity index is 2820. The molecule has 2 fully saturated rings. The van der Waals surface area contributed by atoms with Crippen molar-refractivity contribution in [3.63, 3.8) is 0 Å². The van der Waals surface area contributed by atoms with Crippen molar-refractivity contribution in [1.29, 1.82) is 0 Å². The van der Waals surface area contributed by atoms with Gasteiger partial charge >= 0.3 is 35.8 Å². The molecule has 2 saturated heterocycles. The zero-order valence-electron chi connectivity index (χ0n) is 39.5. The highest BCUT2D eigenvalue weighted by Gasteiger charge is 2.57. The second-order valence-corrected chi connectivity index (χ2v) is 16.7. The number of hydrogen-bond donors (Lipinski definition) is 1. The molecular weight excluding hydrogens is 957 g/mol. The van der Waals surface area contributed by atoms with Crippen molar-refractivity contribution in [1.82, 2.24) is 0 Å². The van der Waals surface area contributed by atoms with E-state index in [1.54, 1.807) is 109 Å². The zero-order valence-corrected chi connectivity index (χ0v) is 39.5. The second-order valence-electron chi connectivity index (χ2n) is 16.7. The maximum atomic E-state index is 14.3. The van der Waals surface area contributed by atoms with Crippen molar-refractivity contribution in [3.8, 4) is 0 Å². The van der Waals surface area contributed by atoms with Gasteiger partial charge in [0, 0.05) is 0 Å². The number of carbonyl (C=O) groups is 6. The molecule has 17 nitrogen and oxygen atoms in total. The number of aliphatic hydroxyl groups excluding tert-OH is 1. The number of carbonyl (C=O) groups excluding carboxylic acids is 6. The summed E-state index contributed by atoms with van der Waals surface area (Å²) in [7, 11) is 0. The van der Waals surface area contributed by atoms with E-state index in [9.17, 15) is 33.9 Å². The van der Waals surface area contributed by atoms with Crippen molar-refractivity contribution in [2.45, 2.75) is 61.4 Å². The molecule has 2 aliphatic rings. The topological polar surface area (TPSA) is 215 Å². The lowest BCUT2D eigenvalue weighted by atomic mass is 9.95. The molecule has 0 unspecified atom stereocenters. The van der Waals surface area contributed by atoms with Crippen LogP contribution in [0.25, 0.3) is 0 Å². The normalized spacial score (nSPS) is 23.2. The van der Waals surface area contributed by atoms with Crippen LogP contribution >= 0.6 is 0 Å². The fourth-order valence-electron chi connectivity index (χ4n) is 8.06. The summed E-state index contributed by atoms with van der Waals surface area (Å²) in [6.07, 6.45) is -16.1. The molecule has 380 valence electrons. The molecule has 2 heterocycles. The zero-order chi connectivity index (χ0) is 51.8. The third kappa shape index (κ3) is 13.2. The van der Waals surface area contributed by atoms with Crippen LogP contribution in [0.2, 0.25) is 0 Å². The van der Waals surface area contributed by atoms with Crippen LogP contribution in [0.3, 0.4) is 0 Å². The van der Waals surface area contributed by atoms with Crippen LogP contribution in [0.15, 0.2) is 195 Å². The average Bonchev–Trinajstić information content (AvgIpc) is 3.45. The summed E-state index contributed by atoms with van der Waals surface area (Å²) in [6.45, 7) is 2.29. The first-order chi connectivity index (χ1) is 36.1. The van der Waals surface area contributed by atoms with Crippen LogP contribution in [0.4, 0.5) is 0 Å². The molecule has 6 aromatic rings. The summed E-state index contributed by atoms with van der Waals surface area (Å²) in [5.41, 5.74) is 0.560. The Hall–Kier alpha value is -8.32. The van der Waals surface area contributed by atoms with Gasteiger partial charge in [0.1, 0.15) is 37.6 Å². The first-order valence-corrected chi connectivity index (χ1v) is 23.4. The molecule has 10 atom stereocenters. The second kappa shape index (κ2) is 25.4. The molecule has 1 N–H and O–H groups in total. The fourth-order valence-corrected chi connectivity index (χ4v) is 8.06. The minimum atomic E-state index is -2.07. The predicted octanol–water partition coefficient (Wildman–Crippen LogP) is 7.00. The number of benzene rings is 6. The first kappa shape index (κ1) is 52.0. The van der Waals surface area contributed by atoms with Gasteiger partial charge in [-0.1, -0.05) is 115 Å². The monoisotopic (exact) mass is 1010 g/mol. The van der Waals surface area contributed by atoms with Gasteiger partial charge in [-0.25, -0.2) is 28.8 Å². The Morgan fingerprint density at radius 1 is 0.405 bits per heavy atom. The molecule has 0 bridgehead atoms. The minimum Gasteiger partial charge on any atom is -0.459 e. The van der Waals surface area contributed by atoms with Gasteiger partial charge in [-0.2, -0.15) is 0 Å². The molecule has 0 radical (unpaired) electrons. The van der Waals surface area contributed by atoms with Crippen molar-refractivity contribution in [2.75, 3.05) is 19.8 Å². The van der Waals surface area contributed by atoms with Gasteiger partial charge in [0.25, 0.3) is 0 Å². The molecule has 8 rings (SSSR count). The Morgan fingerprint density at radius 2 is 0.716 bits per heavy atom. The van der Waals surface area contributed by atoms with E-state index in [1.807, 2.05) is 0 Å². The Morgan fingerprint density at radius 3 is 1.08 bits per heavy atom. The number of esters is 6. The van der Waals surface area contributed by atoms with Gasteiger partial charge in [0.15, 0.2) is 37.0 Å². The molecular formula is C57H50O17. The van der Waals surface area contributed by atoms with Crippen molar-refractivity contribution in [2.24, 2.45) is 0 Å². The molecule has 17 heteroatoms. The van der Waals surface area contributed by atoms with E-state index in [0.29, 0.717) is 0 Å². The van der Waals surface area contributed by atoms with E-state index < -0.39 is 110 Å². The maximum absolute atomic E-state index is 14.3. The average molecular weight is 1010 g/mol. The van der Waals surface area contributed by atoms with Gasteiger partial charge in [-0.05, 0) is 72.8 Å². The molecule has 0 aromatic heterocycles. The van der Waals surface area contributed by atoms with Crippen LogP contribution in [0.5, 0.6) is 0 Å². The lowest BCUT2D eigenvalue weighted by Crippen LogP contribution is -2.67. The molecule has 0 spiro atoms. The van der Waals surface area contributed by atoms with Gasteiger partial charge in [0.05, 0.1) is 40.0 Å². The third-order valence-corrected chi connectivity index (χ3v) is 11.7. The van der Waals surface area contributed by atoms with Crippen molar-refractivity contribution < 1.29 is 81.2 Å². The number of ether oxygens (including phenoxy) is 10. The fraction of sp³-hybridized carbons (Fsp3) is 0.228. The molecule has 0 amide bonds. The summed E-state index contributed by atoms with van der Waals surface area (Å²) in [4.78, 5) is 83.6. The van der Waals surface area contributed by atoms with Gasteiger partial charge in [-0.15, -0.1) is 6.58 Å². The molecule has 0 saturated carbocycles.